The zero-order chi connectivity index (χ0) is 71.1. The topological polar surface area (TPSA) is 343 Å². The van der Waals surface area contributed by atoms with Gasteiger partial charge in [0.1, 0.15) is 0 Å². The number of hydrogen-bond acceptors (Lipinski definition) is 30. The van der Waals surface area contributed by atoms with Crippen LogP contribution >= 0.6 is 21.6 Å². The lowest BCUT2D eigenvalue weighted by Crippen LogP contribution is -2.47. The van der Waals surface area contributed by atoms with E-state index in [1.807, 2.05) is 10.8 Å². The van der Waals surface area contributed by atoms with E-state index in [9.17, 15) is 22.8 Å². The second kappa shape index (κ2) is 80.6. The van der Waals surface area contributed by atoms with Crippen molar-refractivity contribution in [1.82, 2.24) is 10.6 Å². The summed E-state index contributed by atoms with van der Waals surface area (Å²) in [6.07, 6.45) is -1.68. The van der Waals surface area contributed by atoms with E-state index >= 15 is 0 Å². The molecule has 1 heterocycles. The first-order chi connectivity index (χ1) is 48.1. The Morgan fingerprint density at radius 3 is 0.816 bits per heavy atom. The minimum absolute atomic E-state index is 0.0648. The molecule has 0 aromatic heterocycles. The number of hydrogen-bond donors (Lipinski definition) is 4. The number of nitrogens with one attached hydrogen (secondary N) is 2. The van der Waals surface area contributed by atoms with Gasteiger partial charge in [0.25, 0.3) is 0 Å². The number of amides is 2. The third-order valence-corrected chi connectivity index (χ3v) is 14.7. The minimum atomic E-state index is -5.08. The van der Waals surface area contributed by atoms with E-state index in [2.05, 4.69) is 10.6 Å². The quantitative estimate of drug-likeness (QED) is 0.0499. The first-order valence-electron chi connectivity index (χ1n) is 33.7. The number of methoxy groups -OCH3 is 1. The summed E-state index contributed by atoms with van der Waals surface area (Å²) in [4.78, 5) is 33.2. The highest BCUT2D eigenvalue weighted by molar-refractivity contribution is 8.76. The van der Waals surface area contributed by atoms with Gasteiger partial charge >= 0.3 is 12.1 Å². The third-order valence-electron chi connectivity index (χ3n) is 12.2. The Balaban J connectivity index is 0.0000127. The van der Waals surface area contributed by atoms with Crippen molar-refractivity contribution in [3.8, 4) is 0 Å². The van der Waals surface area contributed by atoms with Crippen LogP contribution in [-0.4, -0.2) is 377 Å². The van der Waals surface area contributed by atoms with Gasteiger partial charge in [-0.05, 0) is 25.7 Å². The number of halogens is 3. The highest BCUT2D eigenvalue weighted by atomic mass is 33.1. The van der Waals surface area contributed by atoms with E-state index < -0.39 is 18.2 Å². The van der Waals surface area contributed by atoms with Crippen molar-refractivity contribution in [2.24, 2.45) is 5.73 Å². The smallest absolute Gasteiger partial charge is 0.475 e. The first-order valence-corrected chi connectivity index (χ1v) is 36.2. The minimum Gasteiger partial charge on any atom is -0.475 e. The van der Waals surface area contributed by atoms with Crippen molar-refractivity contribution >= 4 is 39.4 Å². The monoisotopic (exact) mass is 1480 g/mol. The molecule has 0 bridgehead atoms. The Labute approximate surface area is 586 Å². The molecule has 2 amide bonds. The molecule has 5 N–H and O–H groups in total. The number of carboxylic acids is 1. The van der Waals surface area contributed by atoms with Crippen LogP contribution in [0.4, 0.5) is 13.2 Å². The molecule has 0 aromatic carbocycles. The molecule has 0 radical (unpaired) electrons. The number of nitrogens with two attached hydrogens (primary N) is 1. The molecule has 1 rings (SSSR count). The number of rotatable bonds is 79. The number of carbonyl (C=O) groups excluding carboxylic acids is 2. The summed E-state index contributed by atoms with van der Waals surface area (Å²) < 4.78 is 163. The molecule has 1 fully saturated rings. The van der Waals surface area contributed by atoms with Crippen LogP contribution in [-0.2, 0) is 128 Å². The van der Waals surface area contributed by atoms with Crippen LogP contribution in [0.2, 0.25) is 0 Å². The molecule has 31 nitrogen and oxygen atoms in total. The van der Waals surface area contributed by atoms with Crippen molar-refractivity contribution in [1.29, 1.82) is 0 Å². The molecule has 0 aliphatic carbocycles. The number of ether oxygens (including phenoxy) is 24. The van der Waals surface area contributed by atoms with Gasteiger partial charge in [0.2, 0.25) is 11.8 Å². The summed E-state index contributed by atoms with van der Waals surface area (Å²) in [5.74, 6) is -0.937. The van der Waals surface area contributed by atoms with E-state index in [-0.39, 0.29) is 24.3 Å². The highest BCUT2D eigenvalue weighted by Gasteiger charge is 2.38. The van der Waals surface area contributed by atoms with E-state index in [1.165, 1.54) is 0 Å². The molecule has 0 saturated carbocycles. The number of alkyl halides is 3. The Morgan fingerprint density at radius 2 is 0.612 bits per heavy atom. The number of carbonyl (C=O) groups is 3. The molecule has 584 valence electrons. The fourth-order valence-corrected chi connectivity index (χ4v) is 9.50. The van der Waals surface area contributed by atoms with E-state index in [1.54, 1.807) is 17.9 Å². The molecule has 36 heteroatoms. The highest BCUT2D eigenvalue weighted by Crippen LogP contribution is 2.29. The summed E-state index contributed by atoms with van der Waals surface area (Å²) >= 11 is 0. The number of aliphatic carboxylic acids is 1. The summed E-state index contributed by atoms with van der Waals surface area (Å²) in [6.45, 7) is 23.2. The van der Waals surface area contributed by atoms with Gasteiger partial charge in [-0.1, -0.05) is 21.6 Å². The Morgan fingerprint density at radius 1 is 0.388 bits per heavy atom. The van der Waals surface area contributed by atoms with Crippen molar-refractivity contribution in [2.45, 2.75) is 50.4 Å². The average molecular weight is 1480 g/mol. The lowest BCUT2D eigenvalue weighted by Gasteiger charge is -2.23. The van der Waals surface area contributed by atoms with Gasteiger partial charge in [0.15, 0.2) is 0 Å². The van der Waals surface area contributed by atoms with Crippen molar-refractivity contribution in [3.05, 3.63) is 0 Å². The van der Waals surface area contributed by atoms with E-state index in [0.29, 0.717) is 323 Å². The van der Waals surface area contributed by atoms with Crippen molar-refractivity contribution in [3.63, 3.8) is 0 Å². The SMILES string of the molecule is COCCOCCOCCOCCOCCOCCOCCOCCOCCOCCOCCOCCOCCOCCOCCOCCOCCOCCOCCOCCOCCOCCOCCOCCC(=O)NCCCC[C@@H](N)C(=O)NC1CCSSC1.O=C(O)C(F)(F)F. The molecule has 1 aliphatic rings. The molecule has 1 aliphatic heterocycles. The van der Waals surface area contributed by atoms with Gasteiger partial charge < -0.3 is 135 Å². The third kappa shape index (κ3) is 79.6. The summed E-state index contributed by atoms with van der Waals surface area (Å²) in [6, 6.07) is -0.303. The van der Waals surface area contributed by atoms with Crippen LogP contribution in [0.15, 0.2) is 0 Å². The van der Waals surface area contributed by atoms with Gasteiger partial charge in [-0.15, -0.1) is 0 Å². The molecular formula is C62H120F3N3O28S2. The summed E-state index contributed by atoms with van der Waals surface area (Å²) in [5, 5.41) is 13.1. The fraction of sp³-hybridized carbons (Fsp3) is 0.952. The maximum Gasteiger partial charge on any atom is 0.490 e. The molecule has 1 unspecified atom stereocenters. The zero-order valence-corrected chi connectivity index (χ0v) is 59.7. The molecule has 0 aromatic rings. The average Bonchev–Trinajstić information content (AvgIpc) is 1.38. The largest absolute Gasteiger partial charge is 0.490 e. The molecule has 0 spiro atoms. The maximum absolute atomic E-state index is 12.3. The van der Waals surface area contributed by atoms with Gasteiger partial charge in [-0.25, -0.2) is 4.79 Å². The van der Waals surface area contributed by atoms with E-state index in [0.717, 1.165) is 30.8 Å². The predicted molar refractivity (Wildman–Crippen MR) is 355 cm³/mol. The Kier molecular flexibility index (Phi) is 78.9. The van der Waals surface area contributed by atoms with Gasteiger partial charge in [0, 0.05) is 37.6 Å². The normalized spacial score (nSPS) is 13.6. The van der Waals surface area contributed by atoms with Gasteiger partial charge in [0.05, 0.1) is 317 Å². The zero-order valence-electron chi connectivity index (χ0n) is 58.0. The van der Waals surface area contributed by atoms with Gasteiger partial charge in [-0.2, -0.15) is 13.2 Å². The van der Waals surface area contributed by atoms with Crippen LogP contribution in [0, 0.1) is 0 Å². The van der Waals surface area contributed by atoms with Crippen LogP contribution in [0.1, 0.15) is 32.1 Å². The van der Waals surface area contributed by atoms with Crippen LogP contribution in [0.25, 0.3) is 0 Å². The first kappa shape index (κ1) is 95.9. The van der Waals surface area contributed by atoms with Crippen LogP contribution in [0.5, 0.6) is 0 Å². The summed E-state index contributed by atoms with van der Waals surface area (Å²) in [5.41, 5.74) is 6.04. The lowest BCUT2D eigenvalue weighted by molar-refractivity contribution is -0.192. The fourth-order valence-electron chi connectivity index (χ4n) is 7.07. The second-order valence-electron chi connectivity index (χ2n) is 20.2. The van der Waals surface area contributed by atoms with E-state index in [4.69, 9.17) is 129 Å². The standard InChI is InChI=1S/C60H119N3O26S2.C2HF3O2/c1-66-9-10-68-13-14-70-17-18-72-21-22-74-25-26-76-29-30-78-33-34-80-37-38-82-41-42-84-45-46-86-49-50-88-53-54-89-52-51-87-48-47-85-44-43-83-40-39-81-36-35-79-32-31-77-28-27-75-24-23-73-20-19-71-16-15-69-12-11-67-8-5-59(64)62-7-3-2-4-58(61)60(65)63-57-6-55-90-91-56-57;3-2(4,5)1(6)7/h57-58H,2-56,61H2,1H3,(H,62,64)(H,63,65);(H,6,7)/t57?,58-;/m1./s1. The molecule has 2 atom stereocenters. The molecule has 98 heavy (non-hydrogen) atoms. The maximum atomic E-state index is 12.3. The van der Waals surface area contributed by atoms with Crippen LogP contribution in [0.3, 0.4) is 0 Å². The number of unbranched alkanes of at least 4 members (excludes halogenated alkanes) is 1. The molecular weight excluding hydrogens is 1360 g/mol. The number of carboxylic acid groups (broad SMARTS) is 1. The van der Waals surface area contributed by atoms with Crippen molar-refractivity contribution < 1.29 is 146 Å². The van der Waals surface area contributed by atoms with Crippen molar-refractivity contribution in [2.75, 3.05) is 336 Å². The summed E-state index contributed by atoms with van der Waals surface area (Å²) in [7, 11) is 5.27. The lowest BCUT2D eigenvalue weighted by atomic mass is 10.1. The Bertz CT molecular complexity index is 1650. The predicted octanol–water partition coefficient (Wildman–Crippen LogP) is 1.92. The Hall–Kier alpha value is -2.10. The van der Waals surface area contributed by atoms with Gasteiger partial charge in [-0.3, -0.25) is 9.59 Å². The van der Waals surface area contributed by atoms with Crippen LogP contribution < -0.4 is 16.4 Å². The molecule has 1 saturated heterocycles. The second-order valence-corrected chi connectivity index (χ2v) is 22.8.